The smallest absolute Gasteiger partial charge is 0.279 e. The molecule has 1 aromatic heterocycles. The summed E-state index contributed by atoms with van der Waals surface area (Å²) < 4.78 is 0. The molecule has 6 nitrogen and oxygen atoms in total. The first-order valence-corrected chi connectivity index (χ1v) is 10.3. The Hall–Kier alpha value is -2.54. The lowest BCUT2D eigenvalue weighted by molar-refractivity contribution is 0.0981. The lowest BCUT2D eigenvalue weighted by Gasteiger charge is -2.27. The number of hydrogen-bond acceptors (Lipinski definition) is 4. The Morgan fingerprint density at radius 2 is 1.71 bits per heavy atom. The van der Waals surface area contributed by atoms with Gasteiger partial charge in [-0.25, -0.2) is 0 Å². The molecule has 2 aliphatic heterocycles. The van der Waals surface area contributed by atoms with Crippen LogP contribution in [0.5, 0.6) is 0 Å². The maximum absolute atomic E-state index is 13.5. The fraction of sp³-hybridized carbons (Fsp3) is 0.304. The Morgan fingerprint density at radius 3 is 2.52 bits per heavy atom. The molecule has 3 heterocycles. The first-order valence-electron chi connectivity index (χ1n) is 10.3. The first kappa shape index (κ1) is 23.1. The fourth-order valence-electron chi connectivity index (χ4n) is 4.33. The summed E-state index contributed by atoms with van der Waals surface area (Å²) in [4.78, 5) is 17.8. The van der Waals surface area contributed by atoms with Crippen LogP contribution in [0.4, 0.5) is 11.4 Å². The molecule has 8 heteroatoms. The van der Waals surface area contributed by atoms with Gasteiger partial charge in [-0.15, -0.1) is 24.8 Å². The van der Waals surface area contributed by atoms with Crippen LogP contribution < -0.4 is 15.1 Å². The number of aromatic nitrogens is 2. The van der Waals surface area contributed by atoms with Gasteiger partial charge in [0.2, 0.25) is 0 Å². The van der Waals surface area contributed by atoms with E-state index in [9.17, 15) is 4.79 Å². The van der Waals surface area contributed by atoms with E-state index in [-0.39, 0.29) is 30.7 Å². The molecule has 1 amide bonds. The number of amides is 1. The highest BCUT2D eigenvalue weighted by Crippen LogP contribution is 2.34. The third-order valence-electron chi connectivity index (χ3n) is 5.79. The molecule has 0 fully saturated rings. The Kier molecular flexibility index (Phi) is 7.59. The van der Waals surface area contributed by atoms with Gasteiger partial charge in [-0.05, 0) is 24.1 Å². The van der Waals surface area contributed by atoms with Crippen molar-refractivity contribution in [1.29, 1.82) is 0 Å². The number of hydrogen-bond donors (Lipinski definition) is 2. The van der Waals surface area contributed by atoms with Gasteiger partial charge in [0.1, 0.15) is 0 Å². The molecule has 0 saturated heterocycles. The van der Waals surface area contributed by atoms with Gasteiger partial charge in [0, 0.05) is 50.4 Å². The van der Waals surface area contributed by atoms with Crippen LogP contribution in [0.15, 0.2) is 54.6 Å². The number of halogens is 2. The van der Waals surface area contributed by atoms with Gasteiger partial charge in [-0.2, -0.15) is 5.10 Å². The molecule has 2 N–H and O–H groups in total. The van der Waals surface area contributed by atoms with Crippen molar-refractivity contribution >= 4 is 42.1 Å². The van der Waals surface area contributed by atoms with Crippen LogP contribution in [0.3, 0.4) is 0 Å². The van der Waals surface area contributed by atoms with E-state index in [4.69, 9.17) is 0 Å². The molecule has 3 aromatic rings. The molecule has 0 saturated carbocycles. The summed E-state index contributed by atoms with van der Waals surface area (Å²) in [6.45, 7) is 4.06. The largest absolute Gasteiger partial charge is 0.365 e. The van der Waals surface area contributed by atoms with E-state index >= 15 is 0 Å². The summed E-state index contributed by atoms with van der Waals surface area (Å²) in [6, 6.07) is 18.7. The van der Waals surface area contributed by atoms with Gasteiger partial charge in [0.15, 0.2) is 5.69 Å². The van der Waals surface area contributed by atoms with Crippen LogP contribution in [-0.2, 0) is 19.5 Å². The minimum absolute atomic E-state index is 0. The lowest BCUT2D eigenvalue weighted by atomic mass is 10.1. The minimum atomic E-state index is -0.0137. The second kappa shape index (κ2) is 10.2. The molecule has 164 valence electrons. The van der Waals surface area contributed by atoms with Crippen LogP contribution in [0, 0.1) is 0 Å². The number of benzene rings is 2. The third kappa shape index (κ3) is 4.56. The number of para-hydroxylation sites is 2. The number of carbonyl (C=O) groups is 1. The first-order chi connectivity index (χ1) is 14.3. The van der Waals surface area contributed by atoms with Crippen molar-refractivity contribution in [1.82, 2.24) is 15.5 Å². The molecule has 0 atom stereocenters. The highest BCUT2D eigenvalue weighted by molar-refractivity contribution is 6.07. The van der Waals surface area contributed by atoms with Crippen molar-refractivity contribution in [3.8, 4) is 0 Å². The summed E-state index contributed by atoms with van der Waals surface area (Å²) >= 11 is 0. The van der Waals surface area contributed by atoms with Gasteiger partial charge >= 0.3 is 0 Å². The molecule has 5 rings (SSSR count). The zero-order valence-corrected chi connectivity index (χ0v) is 18.8. The Balaban J connectivity index is 0.00000136. The van der Waals surface area contributed by atoms with E-state index in [1.807, 2.05) is 29.2 Å². The molecule has 2 aliphatic rings. The maximum Gasteiger partial charge on any atom is 0.279 e. The number of anilines is 2. The van der Waals surface area contributed by atoms with Gasteiger partial charge < -0.3 is 15.1 Å². The summed E-state index contributed by atoms with van der Waals surface area (Å²) in [5.74, 6) is -0.0137. The average Bonchev–Trinajstić information content (AvgIpc) is 3.12. The van der Waals surface area contributed by atoms with Crippen LogP contribution in [0.2, 0.25) is 0 Å². The van der Waals surface area contributed by atoms with Crippen molar-refractivity contribution in [2.24, 2.45) is 0 Å². The number of rotatable bonds is 3. The molecule has 0 aliphatic carbocycles. The fourth-order valence-corrected chi connectivity index (χ4v) is 4.33. The minimum Gasteiger partial charge on any atom is -0.365 e. The van der Waals surface area contributed by atoms with Gasteiger partial charge in [-0.3, -0.25) is 9.89 Å². The van der Waals surface area contributed by atoms with Crippen molar-refractivity contribution in [2.45, 2.75) is 25.9 Å². The van der Waals surface area contributed by atoms with Crippen LogP contribution in [0.1, 0.15) is 33.7 Å². The predicted octanol–water partition coefficient (Wildman–Crippen LogP) is 3.96. The lowest BCUT2D eigenvalue weighted by Crippen LogP contribution is -2.33. The second-order valence-corrected chi connectivity index (χ2v) is 7.66. The van der Waals surface area contributed by atoms with Crippen LogP contribution >= 0.6 is 24.8 Å². The van der Waals surface area contributed by atoms with Crippen LogP contribution in [0.25, 0.3) is 0 Å². The Bertz CT molecular complexity index is 1020. The molecule has 31 heavy (non-hydrogen) atoms. The van der Waals surface area contributed by atoms with Gasteiger partial charge in [0.25, 0.3) is 5.91 Å². The molecule has 2 aromatic carbocycles. The Morgan fingerprint density at radius 1 is 0.968 bits per heavy atom. The van der Waals surface area contributed by atoms with Crippen molar-refractivity contribution < 1.29 is 4.79 Å². The number of aromatic amines is 1. The summed E-state index contributed by atoms with van der Waals surface area (Å²) in [6.07, 6.45) is 1.80. The van der Waals surface area contributed by atoms with Crippen LogP contribution in [-0.4, -0.2) is 35.7 Å². The molecule has 0 unspecified atom stereocenters. The predicted molar refractivity (Wildman–Crippen MR) is 129 cm³/mol. The van der Waals surface area contributed by atoms with E-state index in [2.05, 4.69) is 50.7 Å². The zero-order valence-electron chi connectivity index (χ0n) is 17.2. The quantitative estimate of drug-likeness (QED) is 0.621. The second-order valence-electron chi connectivity index (χ2n) is 7.66. The summed E-state index contributed by atoms with van der Waals surface area (Å²) in [5, 5.41) is 10.8. The number of H-pyrrole nitrogens is 1. The van der Waals surface area contributed by atoms with E-state index < -0.39 is 0 Å². The monoisotopic (exact) mass is 459 g/mol. The van der Waals surface area contributed by atoms with Gasteiger partial charge in [0.05, 0.1) is 11.4 Å². The highest BCUT2D eigenvalue weighted by Gasteiger charge is 2.30. The molecule has 0 spiro atoms. The third-order valence-corrected chi connectivity index (χ3v) is 5.79. The number of fused-ring (bicyclic) bond motifs is 2. The molecular weight excluding hydrogens is 433 g/mol. The SMILES string of the molecule is Cl.Cl.O=C(c1n[nH]c2c1CNCC2)N1CCCN(Cc2ccccc2)c2ccccc21. The van der Waals surface area contributed by atoms with E-state index in [1.54, 1.807) is 0 Å². The molecule has 0 radical (unpaired) electrons. The molecule has 0 bridgehead atoms. The number of carbonyl (C=O) groups excluding carboxylic acids is 1. The van der Waals surface area contributed by atoms with Crippen molar-refractivity contribution in [2.75, 3.05) is 29.4 Å². The number of nitrogens with zero attached hydrogens (tertiary/aromatic N) is 3. The van der Waals surface area contributed by atoms with E-state index in [1.165, 1.54) is 5.56 Å². The van der Waals surface area contributed by atoms with Crippen molar-refractivity contribution in [3.05, 3.63) is 77.1 Å². The molecular formula is C23H27Cl2N5O. The van der Waals surface area contributed by atoms with Gasteiger partial charge in [-0.1, -0.05) is 42.5 Å². The van der Waals surface area contributed by atoms with Crippen molar-refractivity contribution in [3.63, 3.8) is 0 Å². The number of nitrogens with one attached hydrogen (secondary N) is 2. The average molecular weight is 460 g/mol. The Labute approximate surface area is 194 Å². The normalized spacial score (nSPS) is 15.1. The maximum atomic E-state index is 13.5. The zero-order chi connectivity index (χ0) is 19.6. The summed E-state index contributed by atoms with van der Waals surface area (Å²) in [5.41, 5.74) is 5.99. The topological polar surface area (TPSA) is 64.3 Å². The standard InChI is InChI=1S/C23H25N5O.2ClH/c29-23(22-18-15-24-12-11-19(18)25-26-22)28-14-6-13-27(16-17-7-2-1-3-8-17)20-9-4-5-10-21(20)28;;/h1-5,7-10,24H,6,11-16H2,(H,25,26);2*1H. The summed E-state index contributed by atoms with van der Waals surface area (Å²) in [7, 11) is 0. The van der Waals surface area contributed by atoms with E-state index in [0.717, 1.165) is 55.1 Å². The van der Waals surface area contributed by atoms with E-state index in [0.29, 0.717) is 18.8 Å². The highest BCUT2D eigenvalue weighted by atomic mass is 35.5.